The van der Waals surface area contributed by atoms with Crippen LogP contribution < -0.4 is 10.6 Å². The minimum Gasteiger partial charge on any atom is -0.384 e. The van der Waals surface area contributed by atoms with Crippen LogP contribution in [0.15, 0.2) is 46.0 Å². The molecule has 1 amide bonds. The molecule has 1 unspecified atom stereocenters. The third kappa shape index (κ3) is 5.98. The van der Waals surface area contributed by atoms with Gasteiger partial charge in [0.2, 0.25) is 0 Å². The number of nitrogens with zero attached hydrogens (tertiary/aromatic N) is 3. The zero-order chi connectivity index (χ0) is 21.3. The second-order valence-corrected chi connectivity index (χ2v) is 7.47. The predicted octanol–water partition coefficient (Wildman–Crippen LogP) is 0.777. The van der Waals surface area contributed by atoms with Crippen LogP contribution in [-0.2, 0) is 27.2 Å². The molecule has 0 saturated carbocycles. The van der Waals surface area contributed by atoms with Crippen molar-refractivity contribution >= 4 is 18.5 Å². The Hall–Kier alpha value is -2.55. The Kier molecular flexibility index (Phi) is 8.12. The summed E-state index contributed by atoms with van der Waals surface area (Å²) in [6.07, 6.45) is 2.54. The molecule has 2 aliphatic heterocycles. The van der Waals surface area contributed by atoms with Gasteiger partial charge in [0, 0.05) is 46.4 Å². The van der Waals surface area contributed by atoms with E-state index in [2.05, 4.69) is 56.5 Å². The van der Waals surface area contributed by atoms with E-state index in [0.717, 1.165) is 26.1 Å². The van der Waals surface area contributed by atoms with Crippen LogP contribution in [-0.4, -0.2) is 82.5 Å². The van der Waals surface area contributed by atoms with E-state index in [1.165, 1.54) is 11.1 Å². The average molecular weight is 414 g/mol. The Morgan fingerprint density at radius 2 is 2.17 bits per heavy atom. The van der Waals surface area contributed by atoms with Gasteiger partial charge in [-0.05, 0) is 24.3 Å². The third-order valence-corrected chi connectivity index (χ3v) is 5.38. The van der Waals surface area contributed by atoms with Gasteiger partial charge in [0.05, 0.1) is 25.4 Å². The molecule has 1 fully saturated rings. The Bertz CT molecular complexity index is 804. The van der Waals surface area contributed by atoms with Crippen LogP contribution in [0, 0.1) is 0 Å². The number of ether oxygens (including phenoxy) is 2. The van der Waals surface area contributed by atoms with Crippen molar-refractivity contribution in [2.24, 2.45) is 9.98 Å². The molecule has 1 saturated heterocycles. The fourth-order valence-corrected chi connectivity index (χ4v) is 3.51. The zero-order valence-corrected chi connectivity index (χ0v) is 17.8. The first-order valence-corrected chi connectivity index (χ1v) is 10.2. The molecule has 0 bridgehead atoms. The number of nitrogens with one attached hydrogen (secondary N) is 2. The lowest BCUT2D eigenvalue weighted by atomic mass is 10.00. The number of aliphatic imine (C=N–C) groups is 2. The van der Waals surface area contributed by atoms with Crippen molar-refractivity contribution in [1.29, 1.82) is 0 Å². The number of amides is 1. The lowest BCUT2D eigenvalue weighted by Crippen LogP contribution is -2.44. The number of amidine groups is 1. The van der Waals surface area contributed by atoms with E-state index in [4.69, 9.17) is 9.47 Å². The number of carbonyl (C=O) groups excluding carboxylic acids is 1. The lowest BCUT2D eigenvalue weighted by Gasteiger charge is -2.31. The highest BCUT2D eigenvalue weighted by atomic mass is 16.5. The van der Waals surface area contributed by atoms with Crippen LogP contribution in [0.3, 0.4) is 0 Å². The van der Waals surface area contributed by atoms with Gasteiger partial charge in [0.1, 0.15) is 11.5 Å². The minimum atomic E-state index is -0.232. The maximum Gasteiger partial charge on any atom is 0.267 e. The fourth-order valence-electron chi connectivity index (χ4n) is 3.51. The SMILES string of the molecule is C=NC(C=C(NC)C(=O)NCC(CN1CCc2ccccc2C1)OC)=NC1COC1. The van der Waals surface area contributed by atoms with Gasteiger partial charge in [0.15, 0.2) is 0 Å². The number of carbonyl (C=O) groups is 1. The van der Waals surface area contributed by atoms with Crippen molar-refractivity contribution in [3.05, 3.63) is 47.2 Å². The molecule has 3 rings (SSSR count). The molecule has 0 radical (unpaired) electrons. The maximum absolute atomic E-state index is 12.6. The summed E-state index contributed by atoms with van der Waals surface area (Å²) in [5, 5.41) is 5.85. The van der Waals surface area contributed by atoms with Gasteiger partial charge in [-0.1, -0.05) is 24.3 Å². The van der Waals surface area contributed by atoms with Crippen LogP contribution in [0.4, 0.5) is 0 Å². The highest BCUT2D eigenvalue weighted by Crippen LogP contribution is 2.18. The second-order valence-electron chi connectivity index (χ2n) is 7.47. The first-order chi connectivity index (χ1) is 14.6. The quantitative estimate of drug-likeness (QED) is 0.355. The largest absolute Gasteiger partial charge is 0.384 e. The number of hydrogen-bond acceptors (Lipinski definition) is 6. The van der Waals surface area contributed by atoms with E-state index in [-0.39, 0.29) is 18.1 Å². The molecule has 2 heterocycles. The van der Waals surface area contributed by atoms with E-state index >= 15 is 0 Å². The fraction of sp³-hybridized carbons (Fsp3) is 0.500. The molecule has 1 atom stereocenters. The van der Waals surface area contributed by atoms with Crippen LogP contribution >= 0.6 is 0 Å². The van der Waals surface area contributed by atoms with E-state index in [9.17, 15) is 4.79 Å². The highest BCUT2D eigenvalue weighted by molar-refractivity contribution is 6.04. The molecular weight excluding hydrogens is 382 g/mol. The Labute approximate surface area is 178 Å². The first-order valence-electron chi connectivity index (χ1n) is 10.2. The number of rotatable bonds is 9. The maximum atomic E-state index is 12.6. The summed E-state index contributed by atoms with van der Waals surface area (Å²) < 4.78 is 10.7. The number of hydrogen-bond donors (Lipinski definition) is 2. The molecule has 30 heavy (non-hydrogen) atoms. The van der Waals surface area contributed by atoms with Crippen LogP contribution in [0.25, 0.3) is 0 Å². The molecule has 162 valence electrons. The standard InChI is InChI=1S/C22H31N5O3/c1-23-20(10-21(24-2)26-18-14-30-15-18)22(28)25-11-19(29-3)13-27-9-8-16-6-4-5-7-17(16)12-27/h4-7,10,18-19,23H,2,8-9,11-15H2,1,3H3,(H,25,28). The van der Waals surface area contributed by atoms with Crippen molar-refractivity contribution in [3.63, 3.8) is 0 Å². The molecule has 2 N–H and O–H groups in total. The van der Waals surface area contributed by atoms with Gasteiger partial charge in [-0.25, -0.2) is 4.99 Å². The second kappa shape index (κ2) is 11.0. The van der Waals surface area contributed by atoms with E-state index < -0.39 is 0 Å². The number of benzene rings is 1. The van der Waals surface area contributed by atoms with Crippen molar-refractivity contribution in [1.82, 2.24) is 15.5 Å². The van der Waals surface area contributed by atoms with E-state index in [1.807, 2.05) is 0 Å². The minimum absolute atomic E-state index is 0.0791. The van der Waals surface area contributed by atoms with Gasteiger partial charge in [-0.2, -0.15) is 0 Å². The van der Waals surface area contributed by atoms with Gasteiger partial charge >= 0.3 is 0 Å². The molecule has 2 aliphatic rings. The number of fused-ring (bicyclic) bond motifs is 1. The molecule has 8 nitrogen and oxygen atoms in total. The summed E-state index contributed by atoms with van der Waals surface area (Å²) in [6, 6.07) is 8.62. The summed E-state index contributed by atoms with van der Waals surface area (Å²) in [7, 11) is 3.37. The average Bonchev–Trinajstić information content (AvgIpc) is 2.75. The molecule has 1 aromatic carbocycles. The third-order valence-electron chi connectivity index (χ3n) is 5.38. The van der Waals surface area contributed by atoms with Crippen LogP contribution in [0.1, 0.15) is 11.1 Å². The molecule has 0 aromatic heterocycles. The summed E-state index contributed by atoms with van der Waals surface area (Å²) >= 11 is 0. The molecule has 0 spiro atoms. The molecular formula is C22H31N5O3. The lowest BCUT2D eigenvalue weighted by molar-refractivity contribution is -0.118. The number of methoxy groups -OCH3 is 1. The zero-order valence-electron chi connectivity index (χ0n) is 17.8. The van der Waals surface area contributed by atoms with E-state index in [1.54, 1.807) is 20.2 Å². The first kappa shape index (κ1) is 22.1. The van der Waals surface area contributed by atoms with Crippen molar-refractivity contribution in [2.45, 2.75) is 25.1 Å². The summed E-state index contributed by atoms with van der Waals surface area (Å²) in [4.78, 5) is 23.3. The highest BCUT2D eigenvalue weighted by Gasteiger charge is 2.21. The van der Waals surface area contributed by atoms with Gasteiger partial charge in [0.25, 0.3) is 5.91 Å². The molecule has 8 heteroatoms. The molecule has 1 aromatic rings. The monoisotopic (exact) mass is 413 g/mol. The van der Waals surface area contributed by atoms with Crippen molar-refractivity contribution in [2.75, 3.05) is 47.0 Å². The topological polar surface area (TPSA) is 87.6 Å². The Balaban J connectivity index is 1.53. The summed E-state index contributed by atoms with van der Waals surface area (Å²) in [6.45, 7) is 7.75. The van der Waals surface area contributed by atoms with Gasteiger partial charge < -0.3 is 20.1 Å². The normalized spacial score (nSPS) is 18.9. The van der Waals surface area contributed by atoms with Crippen LogP contribution in [0.5, 0.6) is 0 Å². The molecule has 0 aliphatic carbocycles. The number of likely N-dealkylation sites (N-methyl/N-ethyl adjacent to an activating group) is 1. The summed E-state index contributed by atoms with van der Waals surface area (Å²) in [5.74, 6) is 0.183. The van der Waals surface area contributed by atoms with Gasteiger partial charge in [-0.3, -0.25) is 14.7 Å². The predicted molar refractivity (Wildman–Crippen MR) is 118 cm³/mol. The Morgan fingerprint density at radius 3 is 2.80 bits per heavy atom. The summed E-state index contributed by atoms with van der Waals surface area (Å²) in [5.41, 5.74) is 3.16. The van der Waals surface area contributed by atoms with Crippen molar-refractivity contribution < 1.29 is 14.3 Å². The van der Waals surface area contributed by atoms with Gasteiger partial charge in [-0.15, -0.1) is 0 Å². The Morgan fingerprint density at radius 1 is 1.40 bits per heavy atom. The van der Waals surface area contributed by atoms with Crippen molar-refractivity contribution in [3.8, 4) is 0 Å². The van der Waals surface area contributed by atoms with Crippen LogP contribution in [0.2, 0.25) is 0 Å². The van der Waals surface area contributed by atoms with E-state index in [0.29, 0.717) is 31.3 Å². The smallest absolute Gasteiger partial charge is 0.267 e.